The molecular formula is C18H32N6O. The molecule has 3 rings (SSSR count). The second-order valence-corrected chi connectivity index (χ2v) is 7.91. The van der Waals surface area contributed by atoms with Gasteiger partial charge < -0.3 is 19.7 Å². The van der Waals surface area contributed by atoms with Crippen LogP contribution in [0.15, 0.2) is 6.33 Å². The first kappa shape index (κ1) is 18.2. The van der Waals surface area contributed by atoms with E-state index in [0.717, 1.165) is 37.8 Å². The van der Waals surface area contributed by atoms with Crippen LogP contribution in [0.25, 0.3) is 0 Å². The maximum Gasteiger partial charge on any atom is 0.317 e. The molecule has 0 aromatic carbocycles. The number of aryl methyl sites for hydroxylation is 1. The molecule has 0 aliphatic carbocycles. The summed E-state index contributed by atoms with van der Waals surface area (Å²) in [5.74, 6) is 2.24. The Morgan fingerprint density at radius 3 is 2.76 bits per heavy atom. The predicted octanol–water partition coefficient (Wildman–Crippen LogP) is 2.03. The van der Waals surface area contributed by atoms with Crippen molar-refractivity contribution >= 4 is 6.03 Å². The first-order chi connectivity index (χ1) is 12.0. The Labute approximate surface area is 150 Å². The molecule has 7 nitrogen and oxygen atoms in total. The van der Waals surface area contributed by atoms with E-state index in [1.54, 1.807) is 6.33 Å². The highest BCUT2D eigenvalue weighted by atomic mass is 16.2. The highest BCUT2D eigenvalue weighted by molar-refractivity contribution is 5.74. The Morgan fingerprint density at radius 1 is 1.32 bits per heavy atom. The van der Waals surface area contributed by atoms with E-state index < -0.39 is 0 Å². The fourth-order valence-electron chi connectivity index (χ4n) is 4.03. The zero-order chi connectivity index (χ0) is 17.8. The van der Waals surface area contributed by atoms with Gasteiger partial charge in [0.25, 0.3) is 0 Å². The molecule has 2 saturated heterocycles. The number of rotatable bonds is 4. The summed E-state index contributed by atoms with van der Waals surface area (Å²) < 4.78 is 1.85. The van der Waals surface area contributed by atoms with E-state index in [-0.39, 0.29) is 12.1 Å². The van der Waals surface area contributed by atoms with E-state index in [0.29, 0.717) is 5.92 Å². The fraction of sp³-hybridized carbons (Fsp3) is 0.833. The number of nitrogens with zero attached hydrogens (tertiary/aromatic N) is 5. The van der Waals surface area contributed by atoms with E-state index >= 15 is 0 Å². The van der Waals surface area contributed by atoms with Crippen LogP contribution in [0.5, 0.6) is 0 Å². The molecule has 25 heavy (non-hydrogen) atoms. The number of nitrogens with one attached hydrogen (secondary N) is 1. The highest BCUT2D eigenvalue weighted by Crippen LogP contribution is 2.22. The lowest BCUT2D eigenvalue weighted by atomic mass is 9.94. The van der Waals surface area contributed by atoms with Crippen molar-refractivity contribution in [1.82, 2.24) is 29.9 Å². The number of hydrogen-bond acceptors (Lipinski definition) is 4. The van der Waals surface area contributed by atoms with Crippen LogP contribution < -0.4 is 5.32 Å². The molecule has 7 heteroatoms. The normalized spacial score (nSPS) is 24.3. The van der Waals surface area contributed by atoms with Crippen LogP contribution in [0.4, 0.5) is 4.79 Å². The number of aromatic nitrogens is 3. The number of urea groups is 1. The minimum Gasteiger partial charge on any atom is -0.328 e. The lowest BCUT2D eigenvalue weighted by Crippen LogP contribution is -2.49. The Balaban J connectivity index is 1.49. The third-order valence-electron chi connectivity index (χ3n) is 5.67. The van der Waals surface area contributed by atoms with Gasteiger partial charge in [0, 0.05) is 26.7 Å². The number of carbonyl (C=O) groups excluding carboxylic acids is 1. The van der Waals surface area contributed by atoms with Gasteiger partial charge in [-0.05, 0) is 57.5 Å². The highest BCUT2D eigenvalue weighted by Gasteiger charge is 2.27. The van der Waals surface area contributed by atoms with Crippen LogP contribution in [0.3, 0.4) is 0 Å². The summed E-state index contributed by atoms with van der Waals surface area (Å²) in [5, 5.41) is 11.0. The van der Waals surface area contributed by atoms with Crippen molar-refractivity contribution in [3.05, 3.63) is 12.2 Å². The van der Waals surface area contributed by atoms with Crippen LogP contribution in [0, 0.1) is 11.8 Å². The standard InChI is InChI=1S/C18H32N6O/c1-14-6-9-23(10-7-14)11-16-5-4-8-24(12-16)18(25)20-15(2)17-21-19-13-22(17)3/h13-16H,4-12H2,1-3H3,(H,20,25)/t15-,16-/m0/s1. The van der Waals surface area contributed by atoms with Crippen molar-refractivity contribution < 1.29 is 4.79 Å². The zero-order valence-electron chi connectivity index (χ0n) is 15.8. The summed E-state index contributed by atoms with van der Waals surface area (Å²) in [4.78, 5) is 17.2. The SMILES string of the molecule is CC1CCN(C[C@@H]2CCCN(C(=O)N[C@@H](C)c3nncn3C)C2)CC1. The monoisotopic (exact) mass is 348 g/mol. The molecule has 1 aromatic heterocycles. The molecule has 0 bridgehead atoms. The topological polar surface area (TPSA) is 66.3 Å². The molecule has 0 radical (unpaired) electrons. The van der Waals surface area contributed by atoms with Gasteiger partial charge in [0.05, 0.1) is 6.04 Å². The number of amides is 2. The minimum absolute atomic E-state index is 0.0208. The zero-order valence-corrected chi connectivity index (χ0v) is 15.8. The Morgan fingerprint density at radius 2 is 2.08 bits per heavy atom. The van der Waals surface area contributed by atoms with Crippen molar-refractivity contribution in [1.29, 1.82) is 0 Å². The lowest BCUT2D eigenvalue weighted by molar-refractivity contribution is 0.119. The number of carbonyl (C=O) groups is 1. The summed E-state index contributed by atoms with van der Waals surface area (Å²) in [6.45, 7) is 9.59. The smallest absolute Gasteiger partial charge is 0.317 e. The summed E-state index contributed by atoms with van der Waals surface area (Å²) in [5.41, 5.74) is 0. The largest absolute Gasteiger partial charge is 0.328 e. The molecule has 2 aliphatic heterocycles. The summed E-state index contributed by atoms with van der Waals surface area (Å²) >= 11 is 0. The van der Waals surface area contributed by atoms with Gasteiger partial charge in [0.2, 0.25) is 0 Å². The van der Waals surface area contributed by atoms with Crippen LogP contribution in [0.2, 0.25) is 0 Å². The lowest BCUT2D eigenvalue weighted by Gasteiger charge is -2.38. The second kappa shape index (κ2) is 8.17. The maximum absolute atomic E-state index is 12.6. The molecule has 2 atom stereocenters. The van der Waals surface area contributed by atoms with Crippen molar-refractivity contribution in [3.63, 3.8) is 0 Å². The van der Waals surface area contributed by atoms with E-state index in [9.17, 15) is 4.79 Å². The van der Waals surface area contributed by atoms with Gasteiger partial charge in [-0.2, -0.15) is 0 Å². The summed E-state index contributed by atoms with van der Waals surface area (Å²) in [6, 6.07) is -0.114. The minimum atomic E-state index is -0.135. The Hall–Kier alpha value is -1.63. The maximum atomic E-state index is 12.6. The van der Waals surface area contributed by atoms with Crippen LogP contribution in [0.1, 0.15) is 51.4 Å². The quantitative estimate of drug-likeness (QED) is 0.904. The van der Waals surface area contributed by atoms with E-state index in [4.69, 9.17) is 0 Å². The van der Waals surface area contributed by atoms with E-state index in [2.05, 4.69) is 27.3 Å². The van der Waals surface area contributed by atoms with Gasteiger partial charge in [-0.15, -0.1) is 10.2 Å². The van der Waals surface area contributed by atoms with Gasteiger partial charge in [0.15, 0.2) is 5.82 Å². The van der Waals surface area contributed by atoms with Crippen molar-refractivity contribution in [2.45, 2.75) is 45.6 Å². The Bertz CT molecular complexity index is 566. The van der Waals surface area contributed by atoms with E-state index in [1.807, 2.05) is 23.4 Å². The molecule has 1 aromatic rings. The van der Waals surface area contributed by atoms with Crippen LogP contribution in [-0.4, -0.2) is 63.3 Å². The number of hydrogen-bond donors (Lipinski definition) is 1. The van der Waals surface area contributed by atoms with Gasteiger partial charge in [0.1, 0.15) is 6.33 Å². The van der Waals surface area contributed by atoms with Crippen LogP contribution >= 0.6 is 0 Å². The second-order valence-electron chi connectivity index (χ2n) is 7.91. The van der Waals surface area contributed by atoms with Gasteiger partial charge >= 0.3 is 6.03 Å². The molecule has 0 saturated carbocycles. The molecule has 1 N–H and O–H groups in total. The average molecular weight is 348 g/mol. The third-order valence-corrected chi connectivity index (χ3v) is 5.67. The van der Waals surface area contributed by atoms with Crippen molar-refractivity contribution in [3.8, 4) is 0 Å². The van der Waals surface area contributed by atoms with Gasteiger partial charge in [-0.25, -0.2) is 4.79 Å². The molecule has 0 unspecified atom stereocenters. The first-order valence-corrected chi connectivity index (χ1v) is 9.64. The van der Waals surface area contributed by atoms with Crippen LogP contribution in [-0.2, 0) is 7.05 Å². The van der Waals surface area contributed by atoms with Crippen molar-refractivity contribution in [2.24, 2.45) is 18.9 Å². The Kier molecular flexibility index (Phi) is 5.93. The average Bonchev–Trinajstić information content (AvgIpc) is 3.03. The molecular weight excluding hydrogens is 316 g/mol. The molecule has 2 amide bonds. The molecule has 3 heterocycles. The molecule has 0 spiro atoms. The van der Waals surface area contributed by atoms with Gasteiger partial charge in [-0.1, -0.05) is 6.92 Å². The molecule has 2 aliphatic rings. The van der Waals surface area contributed by atoms with Crippen molar-refractivity contribution in [2.75, 3.05) is 32.7 Å². The fourth-order valence-corrected chi connectivity index (χ4v) is 4.03. The van der Waals surface area contributed by atoms with Gasteiger partial charge in [-0.3, -0.25) is 0 Å². The first-order valence-electron chi connectivity index (χ1n) is 9.64. The number of piperidine rings is 2. The molecule has 2 fully saturated rings. The van der Waals surface area contributed by atoms with E-state index in [1.165, 1.54) is 32.4 Å². The predicted molar refractivity (Wildman–Crippen MR) is 97.1 cm³/mol. The number of likely N-dealkylation sites (tertiary alicyclic amines) is 2. The molecule has 140 valence electrons. The summed E-state index contributed by atoms with van der Waals surface area (Å²) in [7, 11) is 1.90. The summed E-state index contributed by atoms with van der Waals surface area (Å²) in [6.07, 6.45) is 6.61. The third kappa shape index (κ3) is 4.71.